The number of amides is 1. The van der Waals surface area contributed by atoms with Crippen molar-refractivity contribution in [1.82, 2.24) is 0 Å². The maximum absolute atomic E-state index is 13.8. The molecule has 6 heteroatoms. The van der Waals surface area contributed by atoms with E-state index in [4.69, 9.17) is 11.5 Å². The summed E-state index contributed by atoms with van der Waals surface area (Å²) in [4.78, 5) is 12.3. The van der Waals surface area contributed by atoms with Gasteiger partial charge in [-0.2, -0.15) is 0 Å². The van der Waals surface area contributed by atoms with Gasteiger partial charge in [0.15, 0.2) is 0 Å². The van der Waals surface area contributed by atoms with Gasteiger partial charge in [-0.25, -0.2) is 4.39 Å². The molecule has 2 aromatic carbocycles. The van der Waals surface area contributed by atoms with E-state index in [-0.39, 0.29) is 16.9 Å². The molecule has 0 unspecified atom stereocenters. The van der Waals surface area contributed by atoms with Crippen molar-refractivity contribution in [3.63, 3.8) is 0 Å². The predicted octanol–water partition coefficient (Wildman–Crippen LogP) is 2.97. The van der Waals surface area contributed by atoms with Crippen molar-refractivity contribution < 1.29 is 9.18 Å². The van der Waals surface area contributed by atoms with Crippen LogP contribution in [0.3, 0.4) is 0 Å². The van der Waals surface area contributed by atoms with Crippen LogP contribution in [0.1, 0.15) is 10.4 Å². The number of hydrogen-bond donors (Lipinski definition) is 3. The number of anilines is 3. The number of benzene rings is 2. The molecule has 104 valence electrons. The molecular weight excluding hydrogens is 277 g/mol. The fraction of sp³-hybridized carbons (Fsp3) is 0.0714. The van der Waals surface area contributed by atoms with E-state index in [2.05, 4.69) is 5.32 Å². The molecule has 0 spiro atoms. The van der Waals surface area contributed by atoms with Crippen molar-refractivity contribution >= 4 is 34.7 Å². The van der Waals surface area contributed by atoms with Crippen LogP contribution in [0.25, 0.3) is 0 Å². The van der Waals surface area contributed by atoms with E-state index in [1.54, 1.807) is 11.8 Å². The van der Waals surface area contributed by atoms with Gasteiger partial charge in [0.1, 0.15) is 5.82 Å². The Morgan fingerprint density at radius 2 is 1.90 bits per heavy atom. The number of nitrogens with two attached hydrogens (primary N) is 2. The van der Waals surface area contributed by atoms with Crippen LogP contribution in [0.2, 0.25) is 0 Å². The third-order valence-corrected chi connectivity index (χ3v) is 3.52. The molecule has 0 atom stereocenters. The van der Waals surface area contributed by atoms with Gasteiger partial charge < -0.3 is 16.8 Å². The lowest BCUT2D eigenvalue weighted by molar-refractivity contribution is 0.100. The first kappa shape index (κ1) is 14.2. The lowest BCUT2D eigenvalue weighted by atomic mass is 10.1. The maximum atomic E-state index is 13.8. The molecule has 2 rings (SSSR count). The molecule has 0 aliphatic heterocycles. The highest BCUT2D eigenvalue weighted by atomic mass is 32.2. The van der Waals surface area contributed by atoms with Gasteiger partial charge in [0.25, 0.3) is 5.91 Å². The van der Waals surface area contributed by atoms with Crippen LogP contribution in [0.15, 0.2) is 41.3 Å². The Morgan fingerprint density at radius 1 is 1.25 bits per heavy atom. The smallest absolute Gasteiger partial charge is 0.250 e. The molecule has 0 saturated carbocycles. The SMILES string of the molecule is CSc1ccc(Nc2cc(C(N)=O)c(N)cc2F)cc1. The minimum atomic E-state index is -0.691. The van der Waals surface area contributed by atoms with Crippen LogP contribution in [-0.4, -0.2) is 12.2 Å². The Bertz CT molecular complexity index is 644. The molecular formula is C14H14FN3OS. The zero-order valence-electron chi connectivity index (χ0n) is 10.8. The zero-order chi connectivity index (χ0) is 14.7. The van der Waals surface area contributed by atoms with Gasteiger partial charge in [0, 0.05) is 16.3 Å². The molecule has 4 nitrogen and oxygen atoms in total. The number of carbonyl (C=O) groups excluding carboxylic acids is 1. The third kappa shape index (κ3) is 3.03. The molecule has 0 saturated heterocycles. The Kier molecular flexibility index (Phi) is 4.14. The highest BCUT2D eigenvalue weighted by Gasteiger charge is 2.12. The summed E-state index contributed by atoms with van der Waals surface area (Å²) in [6, 6.07) is 9.87. The van der Waals surface area contributed by atoms with Crippen LogP contribution < -0.4 is 16.8 Å². The van der Waals surface area contributed by atoms with Crippen LogP contribution in [0.4, 0.5) is 21.5 Å². The summed E-state index contributed by atoms with van der Waals surface area (Å²) >= 11 is 1.62. The monoisotopic (exact) mass is 291 g/mol. The fourth-order valence-corrected chi connectivity index (χ4v) is 2.14. The first-order valence-electron chi connectivity index (χ1n) is 5.81. The highest BCUT2D eigenvalue weighted by Crippen LogP contribution is 2.26. The molecule has 5 N–H and O–H groups in total. The van der Waals surface area contributed by atoms with Gasteiger partial charge in [0.05, 0.1) is 11.3 Å². The minimum Gasteiger partial charge on any atom is -0.398 e. The fourth-order valence-electron chi connectivity index (χ4n) is 1.73. The lowest BCUT2D eigenvalue weighted by Gasteiger charge is -2.11. The van der Waals surface area contributed by atoms with Crippen LogP contribution in [-0.2, 0) is 0 Å². The topological polar surface area (TPSA) is 81.1 Å². The average Bonchev–Trinajstić information content (AvgIpc) is 2.42. The summed E-state index contributed by atoms with van der Waals surface area (Å²) < 4.78 is 13.8. The quantitative estimate of drug-likeness (QED) is 0.597. The van der Waals surface area contributed by atoms with Crippen molar-refractivity contribution in [3.8, 4) is 0 Å². The first-order chi connectivity index (χ1) is 9.51. The average molecular weight is 291 g/mol. The van der Waals surface area contributed by atoms with Crippen molar-refractivity contribution in [2.24, 2.45) is 5.73 Å². The summed E-state index contributed by atoms with van der Waals surface area (Å²) in [7, 11) is 0. The molecule has 2 aromatic rings. The minimum absolute atomic E-state index is 0.0262. The van der Waals surface area contributed by atoms with E-state index in [1.807, 2.05) is 30.5 Å². The first-order valence-corrected chi connectivity index (χ1v) is 7.03. The van der Waals surface area contributed by atoms with Crippen LogP contribution >= 0.6 is 11.8 Å². The second-order valence-electron chi connectivity index (χ2n) is 4.14. The number of hydrogen-bond acceptors (Lipinski definition) is 4. The van der Waals surface area contributed by atoms with E-state index in [9.17, 15) is 9.18 Å². The normalized spacial score (nSPS) is 10.3. The van der Waals surface area contributed by atoms with Gasteiger partial charge in [-0.15, -0.1) is 11.8 Å². The van der Waals surface area contributed by atoms with Gasteiger partial charge in [-0.05, 0) is 42.7 Å². The second kappa shape index (κ2) is 5.83. The largest absolute Gasteiger partial charge is 0.398 e. The molecule has 0 aromatic heterocycles. The molecule has 1 amide bonds. The molecule has 0 bridgehead atoms. The second-order valence-corrected chi connectivity index (χ2v) is 5.02. The molecule has 0 fully saturated rings. The van der Waals surface area contributed by atoms with E-state index in [0.29, 0.717) is 5.69 Å². The molecule has 0 aliphatic carbocycles. The lowest BCUT2D eigenvalue weighted by Crippen LogP contribution is -2.14. The zero-order valence-corrected chi connectivity index (χ0v) is 11.6. The Morgan fingerprint density at radius 3 is 2.45 bits per heavy atom. The number of nitrogens with one attached hydrogen (secondary N) is 1. The summed E-state index contributed by atoms with van der Waals surface area (Å²) in [6.45, 7) is 0. The Labute approximate surface area is 120 Å². The van der Waals surface area contributed by atoms with Crippen molar-refractivity contribution in [1.29, 1.82) is 0 Å². The van der Waals surface area contributed by atoms with Gasteiger partial charge in [-0.1, -0.05) is 0 Å². The summed E-state index contributed by atoms with van der Waals surface area (Å²) in [5, 5.41) is 2.90. The molecule has 0 radical (unpaired) electrons. The third-order valence-electron chi connectivity index (χ3n) is 2.77. The number of primary amides is 1. The molecule has 0 heterocycles. The predicted molar refractivity (Wildman–Crippen MR) is 80.8 cm³/mol. The number of nitrogen functional groups attached to an aromatic ring is 1. The highest BCUT2D eigenvalue weighted by molar-refractivity contribution is 7.98. The summed E-state index contributed by atoms with van der Waals surface area (Å²) in [6.07, 6.45) is 1.97. The number of halogens is 1. The molecule has 0 aliphatic rings. The van der Waals surface area contributed by atoms with E-state index in [1.165, 1.54) is 6.07 Å². The summed E-state index contributed by atoms with van der Waals surface area (Å²) in [5.74, 6) is -1.23. The van der Waals surface area contributed by atoms with Gasteiger partial charge >= 0.3 is 0 Å². The van der Waals surface area contributed by atoms with E-state index >= 15 is 0 Å². The molecule has 20 heavy (non-hydrogen) atoms. The van der Waals surface area contributed by atoms with Gasteiger partial charge in [-0.3, -0.25) is 4.79 Å². The summed E-state index contributed by atoms with van der Waals surface area (Å²) in [5.41, 5.74) is 11.7. The number of rotatable bonds is 4. The Balaban J connectivity index is 2.32. The van der Waals surface area contributed by atoms with E-state index < -0.39 is 11.7 Å². The number of carbonyl (C=O) groups is 1. The van der Waals surface area contributed by atoms with Crippen LogP contribution in [0, 0.1) is 5.82 Å². The Hall–Kier alpha value is -2.21. The van der Waals surface area contributed by atoms with Crippen molar-refractivity contribution in [3.05, 3.63) is 47.8 Å². The maximum Gasteiger partial charge on any atom is 0.250 e. The van der Waals surface area contributed by atoms with Crippen LogP contribution in [0.5, 0.6) is 0 Å². The number of thioether (sulfide) groups is 1. The van der Waals surface area contributed by atoms with Crippen molar-refractivity contribution in [2.45, 2.75) is 4.90 Å². The van der Waals surface area contributed by atoms with E-state index in [0.717, 1.165) is 11.0 Å². The van der Waals surface area contributed by atoms with Gasteiger partial charge in [0.2, 0.25) is 0 Å². The van der Waals surface area contributed by atoms with Crippen molar-refractivity contribution in [2.75, 3.05) is 17.3 Å². The standard InChI is InChI=1S/C14H14FN3OS/c1-20-9-4-2-8(3-5-9)18-13-6-10(14(17)19)12(16)7-11(13)15/h2-7,18H,16H2,1H3,(H2,17,19).